The molecule has 0 saturated carbocycles. The third-order valence-corrected chi connectivity index (χ3v) is 6.44. The summed E-state index contributed by atoms with van der Waals surface area (Å²) in [6.07, 6.45) is 0. The van der Waals surface area contributed by atoms with E-state index >= 15 is 0 Å². The Kier molecular flexibility index (Phi) is 10.7. The molecule has 158 valence electrons. The SMILES string of the molecule is CCN(Cc1ccccc1)c1cccc(C)c1Pc1cc(C)cc(C)c1O.[Cl][Ti][Cl]. The summed E-state index contributed by atoms with van der Waals surface area (Å²) in [5.41, 5.74) is 5.99. The molecule has 2 nitrogen and oxygen atoms in total. The molecule has 1 atom stereocenters. The van der Waals surface area contributed by atoms with Crippen molar-refractivity contribution in [2.75, 3.05) is 11.4 Å². The van der Waals surface area contributed by atoms with Gasteiger partial charge in [0, 0.05) is 29.4 Å². The number of hydrogen-bond acceptors (Lipinski definition) is 2. The fourth-order valence-corrected chi connectivity index (χ4v) is 4.97. The van der Waals surface area contributed by atoms with Crippen LogP contribution in [0.3, 0.4) is 0 Å². The quantitative estimate of drug-likeness (QED) is 0.318. The van der Waals surface area contributed by atoms with Crippen LogP contribution in [0.2, 0.25) is 0 Å². The van der Waals surface area contributed by atoms with E-state index in [1.807, 2.05) is 13.0 Å². The molecule has 3 aromatic carbocycles. The molecule has 30 heavy (non-hydrogen) atoms. The average molecular weight is 496 g/mol. The molecular weight excluding hydrogens is 468 g/mol. The third-order valence-electron chi connectivity index (χ3n) is 4.89. The van der Waals surface area contributed by atoms with Crippen molar-refractivity contribution in [1.29, 1.82) is 0 Å². The van der Waals surface area contributed by atoms with Gasteiger partial charge in [0.1, 0.15) is 5.75 Å². The number of nitrogens with zero attached hydrogens (tertiary/aromatic N) is 1. The van der Waals surface area contributed by atoms with Crippen LogP contribution in [-0.2, 0) is 23.6 Å². The first-order chi connectivity index (χ1) is 14.4. The van der Waals surface area contributed by atoms with Crippen molar-refractivity contribution < 1.29 is 22.1 Å². The molecule has 3 rings (SSSR count). The van der Waals surface area contributed by atoms with Crippen molar-refractivity contribution >= 4 is 43.5 Å². The van der Waals surface area contributed by atoms with E-state index < -0.39 is 17.0 Å². The van der Waals surface area contributed by atoms with Gasteiger partial charge in [0.2, 0.25) is 0 Å². The number of benzene rings is 3. The van der Waals surface area contributed by atoms with E-state index in [0.29, 0.717) is 14.3 Å². The van der Waals surface area contributed by atoms with E-state index in [4.69, 9.17) is 18.6 Å². The first-order valence-corrected chi connectivity index (χ1v) is 15.1. The van der Waals surface area contributed by atoms with Gasteiger partial charge in [0.05, 0.1) is 0 Å². The Bertz CT molecular complexity index is 953. The average Bonchev–Trinajstić information content (AvgIpc) is 2.72. The van der Waals surface area contributed by atoms with Crippen molar-refractivity contribution in [3.63, 3.8) is 0 Å². The van der Waals surface area contributed by atoms with Gasteiger partial charge in [-0.1, -0.05) is 57.1 Å². The number of hydrogen-bond donors (Lipinski definition) is 1. The molecular formula is C24H28Cl2NOPTi. The van der Waals surface area contributed by atoms with Crippen molar-refractivity contribution in [3.8, 4) is 5.75 Å². The number of halogens is 2. The topological polar surface area (TPSA) is 23.5 Å². The zero-order chi connectivity index (χ0) is 22.1. The molecule has 3 aromatic rings. The molecule has 0 fully saturated rings. The van der Waals surface area contributed by atoms with Gasteiger partial charge in [-0.15, -0.1) is 0 Å². The van der Waals surface area contributed by atoms with Crippen molar-refractivity contribution in [2.24, 2.45) is 0 Å². The van der Waals surface area contributed by atoms with Gasteiger partial charge >= 0.3 is 35.6 Å². The number of rotatable bonds is 6. The van der Waals surface area contributed by atoms with E-state index in [-0.39, 0.29) is 0 Å². The van der Waals surface area contributed by atoms with E-state index in [2.05, 4.69) is 80.3 Å². The zero-order valence-electron chi connectivity index (χ0n) is 17.8. The number of aromatic hydroxyl groups is 1. The Morgan fingerprint density at radius 3 is 2.23 bits per heavy atom. The van der Waals surface area contributed by atoms with Crippen LogP contribution in [0.15, 0.2) is 60.7 Å². The van der Waals surface area contributed by atoms with Crippen LogP contribution in [0, 0.1) is 20.8 Å². The number of phenols is 1. The predicted molar refractivity (Wildman–Crippen MR) is 131 cm³/mol. The molecule has 1 N–H and O–H groups in total. The van der Waals surface area contributed by atoms with Gasteiger partial charge < -0.3 is 10.0 Å². The summed E-state index contributed by atoms with van der Waals surface area (Å²) in [7, 11) is 10.2. The third kappa shape index (κ3) is 7.01. The maximum atomic E-state index is 10.6. The Hall–Kier alpha value is -1.02. The first kappa shape index (κ1) is 25.2. The van der Waals surface area contributed by atoms with E-state index in [1.165, 1.54) is 27.7 Å². The fraction of sp³-hybridized carbons (Fsp3) is 0.250. The first-order valence-electron chi connectivity index (χ1n) is 9.83. The van der Waals surface area contributed by atoms with Gasteiger partial charge in [-0.3, -0.25) is 0 Å². The second-order valence-electron chi connectivity index (χ2n) is 7.14. The second-order valence-corrected chi connectivity index (χ2v) is 11.0. The second kappa shape index (κ2) is 12.7. The standard InChI is InChI=1S/C24H28NOP.2ClH.Ti/c1-5-25(16-20-11-7-6-8-12-20)21-13-9-10-18(3)24(21)27-22-15-17(2)14-19(4)23(22)26;;;/h6-15,26-27H,5,16H2,1-4H3;2*1H;/q;;;+2/p-2. The Balaban J connectivity index is 0.00000101. The van der Waals surface area contributed by atoms with Crippen LogP contribution in [0.4, 0.5) is 5.69 Å². The van der Waals surface area contributed by atoms with Crippen LogP contribution in [0.5, 0.6) is 5.75 Å². The normalized spacial score (nSPS) is 10.6. The molecule has 0 radical (unpaired) electrons. The Labute approximate surface area is 199 Å². The fourth-order valence-electron chi connectivity index (χ4n) is 3.44. The zero-order valence-corrected chi connectivity index (χ0v) is 21.9. The van der Waals surface area contributed by atoms with Gasteiger partial charge in [-0.25, -0.2) is 0 Å². The molecule has 6 heteroatoms. The minimum atomic E-state index is -0.556. The van der Waals surface area contributed by atoms with Crippen LogP contribution >= 0.6 is 27.2 Å². The molecule has 0 aliphatic heterocycles. The maximum absolute atomic E-state index is 10.6. The van der Waals surface area contributed by atoms with Gasteiger partial charge in [-0.2, -0.15) is 0 Å². The van der Waals surface area contributed by atoms with Gasteiger partial charge in [0.25, 0.3) is 0 Å². The van der Waals surface area contributed by atoms with Crippen LogP contribution in [0.1, 0.15) is 29.2 Å². The van der Waals surface area contributed by atoms with Crippen molar-refractivity contribution in [3.05, 3.63) is 82.9 Å². The molecule has 1 unspecified atom stereocenters. The van der Waals surface area contributed by atoms with E-state index in [0.717, 1.165) is 24.0 Å². The summed E-state index contributed by atoms with van der Waals surface area (Å²) in [5.74, 6) is 0.430. The summed E-state index contributed by atoms with van der Waals surface area (Å²) < 4.78 is 0. The number of anilines is 1. The molecule has 0 saturated heterocycles. The number of phenolic OH excluding ortho intramolecular Hbond substituents is 1. The van der Waals surface area contributed by atoms with Crippen LogP contribution in [-0.4, -0.2) is 11.7 Å². The summed E-state index contributed by atoms with van der Waals surface area (Å²) in [6, 6.07) is 21.3. The van der Waals surface area contributed by atoms with Crippen molar-refractivity contribution in [1.82, 2.24) is 0 Å². The molecule has 0 amide bonds. The Morgan fingerprint density at radius 2 is 1.60 bits per heavy atom. The Morgan fingerprint density at radius 1 is 0.933 bits per heavy atom. The van der Waals surface area contributed by atoms with E-state index in [1.54, 1.807) is 0 Å². The molecule has 0 spiro atoms. The van der Waals surface area contributed by atoms with Crippen LogP contribution in [0.25, 0.3) is 0 Å². The summed E-state index contributed by atoms with van der Waals surface area (Å²) >= 11 is -0.556. The molecule has 0 aromatic heterocycles. The summed E-state index contributed by atoms with van der Waals surface area (Å²) in [5, 5.41) is 12.9. The monoisotopic (exact) mass is 495 g/mol. The van der Waals surface area contributed by atoms with Gasteiger partial charge in [-0.05, 0) is 62.1 Å². The summed E-state index contributed by atoms with van der Waals surface area (Å²) in [4.78, 5) is 2.42. The summed E-state index contributed by atoms with van der Waals surface area (Å²) in [6.45, 7) is 10.3. The number of aryl methyl sites for hydroxylation is 3. The predicted octanol–water partition coefficient (Wildman–Crippen LogP) is 6.35. The minimum absolute atomic E-state index is 0.430. The molecule has 0 aliphatic rings. The van der Waals surface area contributed by atoms with Crippen molar-refractivity contribution in [2.45, 2.75) is 34.2 Å². The molecule has 0 heterocycles. The van der Waals surface area contributed by atoms with E-state index in [9.17, 15) is 5.11 Å². The van der Waals surface area contributed by atoms with Gasteiger partial charge in [0.15, 0.2) is 0 Å². The van der Waals surface area contributed by atoms with Crippen LogP contribution < -0.4 is 15.5 Å². The molecule has 0 aliphatic carbocycles. The molecule has 0 bridgehead atoms.